The van der Waals surface area contributed by atoms with Gasteiger partial charge in [0.1, 0.15) is 0 Å². The zero-order valence-electron chi connectivity index (χ0n) is 11.9. The first-order valence-corrected chi connectivity index (χ1v) is 7.00. The highest BCUT2D eigenvalue weighted by molar-refractivity contribution is 5.92. The van der Waals surface area contributed by atoms with Gasteiger partial charge < -0.3 is 10.3 Å². The third-order valence-corrected chi connectivity index (χ3v) is 3.58. The Kier molecular flexibility index (Phi) is 3.69. The average Bonchev–Trinajstić information content (AvgIpc) is 2.91. The number of hydrogen-bond acceptors (Lipinski definition) is 2. The molecule has 0 unspecified atom stereocenters. The summed E-state index contributed by atoms with van der Waals surface area (Å²) >= 11 is 0. The van der Waals surface area contributed by atoms with Gasteiger partial charge in [-0.3, -0.25) is 9.78 Å². The van der Waals surface area contributed by atoms with E-state index in [1.54, 1.807) is 6.20 Å². The summed E-state index contributed by atoms with van der Waals surface area (Å²) in [7, 11) is 0. The van der Waals surface area contributed by atoms with E-state index in [9.17, 15) is 4.79 Å². The first-order chi connectivity index (χ1) is 10.2. The minimum Gasteiger partial charge on any atom is -0.361 e. The summed E-state index contributed by atoms with van der Waals surface area (Å²) in [6, 6.07) is 11.8. The molecule has 4 heteroatoms. The Morgan fingerprint density at radius 1 is 1.24 bits per heavy atom. The second-order valence-electron chi connectivity index (χ2n) is 5.04. The number of para-hydroxylation sites is 1. The maximum atomic E-state index is 12.0. The molecule has 0 aliphatic rings. The summed E-state index contributed by atoms with van der Waals surface area (Å²) in [6.07, 6.45) is 4.87. The van der Waals surface area contributed by atoms with Crippen LogP contribution in [0.1, 0.15) is 17.7 Å². The Labute approximate surface area is 123 Å². The van der Waals surface area contributed by atoms with Gasteiger partial charge in [0, 0.05) is 29.7 Å². The number of carbonyl (C=O) groups excluding carboxylic acids is 1. The molecule has 2 heterocycles. The lowest BCUT2D eigenvalue weighted by molar-refractivity contribution is -0.116. The highest BCUT2D eigenvalue weighted by Gasteiger charge is 2.08. The predicted molar refractivity (Wildman–Crippen MR) is 84.2 cm³/mol. The molecule has 106 valence electrons. The van der Waals surface area contributed by atoms with Gasteiger partial charge in [0.2, 0.25) is 5.91 Å². The lowest BCUT2D eigenvalue weighted by Crippen LogP contribution is -2.13. The number of amides is 1. The third kappa shape index (κ3) is 2.94. The minimum absolute atomic E-state index is 0.0105. The van der Waals surface area contributed by atoms with Gasteiger partial charge in [0.25, 0.3) is 0 Å². The van der Waals surface area contributed by atoms with Crippen molar-refractivity contribution in [2.75, 3.05) is 5.32 Å². The molecule has 0 fully saturated rings. The van der Waals surface area contributed by atoms with Crippen molar-refractivity contribution >= 4 is 22.5 Å². The van der Waals surface area contributed by atoms with Gasteiger partial charge in [-0.25, -0.2) is 0 Å². The highest BCUT2D eigenvalue weighted by Crippen LogP contribution is 2.19. The molecule has 3 aromatic rings. The van der Waals surface area contributed by atoms with Gasteiger partial charge in [-0.2, -0.15) is 0 Å². The van der Waals surface area contributed by atoms with E-state index in [2.05, 4.69) is 21.4 Å². The second kappa shape index (κ2) is 5.79. The molecule has 0 radical (unpaired) electrons. The molecular weight excluding hydrogens is 262 g/mol. The molecule has 0 spiro atoms. The van der Waals surface area contributed by atoms with Crippen molar-refractivity contribution in [3.63, 3.8) is 0 Å². The first-order valence-electron chi connectivity index (χ1n) is 7.00. The maximum Gasteiger partial charge on any atom is 0.224 e. The standard InChI is InChI=1S/C17H17N3O/c1-12-15(7-4-10-18-12)20-17(21)9-8-13-11-19-16-6-3-2-5-14(13)16/h2-7,10-11,19H,8-9H2,1H3,(H,20,21). The summed E-state index contributed by atoms with van der Waals surface area (Å²) in [5.74, 6) is 0.0105. The quantitative estimate of drug-likeness (QED) is 0.768. The van der Waals surface area contributed by atoms with Crippen LogP contribution in [-0.4, -0.2) is 15.9 Å². The molecule has 1 aromatic carbocycles. The normalized spacial score (nSPS) is 10.7. The first kappa shape index (κ1) is 13.4. The molecule has 0 atom stereocenters. The molecule has 4 nitrogen and oxygen atoms in total. The van der Waals surface area contributed by atoms with E-state index in [4.69, 9.17) is 0 Å². The number of aromatic nitrogens is 2. The lowest BCUT2D eigenvalue weighted by Gasteiger charge is -2.07. The van der Waals surface area contributed by atoms with E-state index in [1.165, 1.54) is 10.9 Å². The van der Waals surface area contributed by atoms with Gasteiger partial charge in [-0.1, -0.05) is 18.2 Å². The van der Waals surface area contributed by atoms with Gasteiger partial charge in [-0.15, -0.1) is 0 Å². The van der Waals surface area contributed by atoms with Crippen LogP contribution in [0, 0.1) is 6.92 Å². The Hall–Kier alpha value is -2.62. The van der Waals surface area contributed by atoms with Gasteiger partial charge in [0.15, 0.2) is 0 Å². The number of nitrogens with zero attached hydrogens (tertiary/aromatic N) is 1. The molecule has 3 rings (SSSR count). The van der Waals surface area contributed by atoms with Crippen LogP contribution >= 0.6 is 0 Å². The van der Waals surface area contributed by atoms with Crippen molar-refractivity contribution in [1.29, 1.82) is 0 Å². The number of pyridine rings is 1. The molecule has 0 saturated heterocycles. The summed E-state index contributed by atoms with van der Waals surface area (Å²) in [4.78, 5) is 19.4. The minimum atomic E-state index is 0.0105. The van der Waals surface area contributed by atoms with Crippen LogP contribution in [0.25, 0.3) is 10.9 Å². The van der Waals surface area contributed by atoms with E-state index in [1.807, 2.05) is 43.5 Å². The van der Waals surface area contributed by atoms with E-state index in [-0.39, 0.29) is 5.91 Å². The number of aryl methyl sites for hydroxylation is 2. The van der Waals surface area contributed by atoms with Gasteiger partial charge >= 0.3 is 0 Å². The number of nitrogens with one attached hydrogen (secondary N) is 2. The monoisotopic (exact) mass is 279 g/mol. The van der Waals surface area contributed by atoms with E-state index in [0.29, 0.717) is 6.42 Å². The Bertz CT molecular complexity index is 776. The fraction of sp³-hybridized carbons (Fsp3) is 0.176. The summed E-state index contributed by atoms with van der Waals surface area (Å²) in [5.41, 5.74) is 3.89. The number of fused-ring (bicyclic) bond motifs is 1. The zero-order valence-corrected chi connectivity index (χ0v) is 11.9. The van der Waals surface area contributed by atoms with Crippen LogP contribution in [0.5, 0.6) is 0 Å². The predicted octanol–water partition coefficient (Wildman–Crippen LogP) is 3.44. The Morgan fingerprint density at radius 3 is 2.95 bits per heavy atom. The van der Waals surface area contributed by atoms with Crippen molar-refractivity contribution in [1.82, 2.24) is 9.97 Å². The number of carbonyl (C=O) groups is 1. The SMILES string of the molecule is Cc1ncccc1NC(=O)CCc1c[nH]c2ccccc12. The summed E-state index contributed by atoms with van der Waals surface area (Å²) < 4.78 is 0. The van der Waals surface area contributed by atoms with E-state index in [0.717, 1.165) is 23.3 Å². The van der Waals surface area contributed by atoms with E-state index >= 15 is 0 Å². The molecule has 2 N–H and O–H groups in total. The van der Waals surface area contributed by atoms with Crippen molar-refractivity contribution in [2.45, 2.75) is 19.8 Å². The van der Waals surface area contributed by atoms with Crippen LogP contribution in [0.4, 0.5) is 5.69 Å². The van der Waals surface area contributed by atoms with Crippen LogP contribution in [0.15, 0.2) is 48.8 Å². The lowest BCUT2D eigenvalue weighted by atomic mass is 10.1. The van der Waals surface area contributed by atoms with Gasteiger partial charge in [-0.05, 0) is 37.1 Å². The van der Waals surface area contributed by atoms with Crippen molar-refractivity contribution < 1.29 is 4.79 Å². The number of aromatic amines is 1. The van der Waals surface area contributed by atoms with Crippen molar-refractivity contribution in [2.24, 2.45) is 0 Å². The topological polar surface area (TPSA) is 57.8 Å². The van der Waals surface area contributed by atoms with Crippen LogP contribution in [0.3, 0.4) is 0 Å². The fourth-order valence-corrected chi connectivity index (χ4v) is 2.42. The molecule has 0 aliphatic heterocycles. The van der Waals surface area contributed by atoms with Crippen molar-refractivity contribution in [3.8, 4) is 0 Å². The second-order valence-corrected chi connectivity index (χ2v) is 5.04. The number of hydrogen-bond donors (Lipinski definition) is 2. The molecule has 1 amide bonds. The molecule has 21 heavy (non-hydrogen) atoms. The highest BCUT2D eigenvalue weighted by atomic mass is 16.1. The fourth-order valence-electron chi connectivity index (χ4n) is 2.42. The number of rotatable bonds is 4. The number of anilines is 1. The molecular formula is C17H17N3O. The Balaban J connectivity index is 1.65. The maximum absolute atomic E-state index is 12.0. The zero-order chi connectivity index (χ0) is 14.7. The Morgan fingerprint density at radius 2 is 2.10 bits per heavy atom. The molecule has 0 bridgehead atoms. The van der Waals surface area contributed by atoms with Crippen LogP contribution in [0.2, 0.25) is 0 Å². The number of H-pyrrole nitrogens is 1. The number of benzene rings is 1. The smallest absolute Gasteiger partial charge is 0.224 e. The summed E-state index contributed by atoms with van der Waals surface area (Å²) in [6.45, 7) is 1.88. The third-order valence-electron chi connectivity index (χ3n) is 3.58. The largest absolute Gasteiger partial charge is 0.361 e. The van der Waals surface area contributed by atoms with Crippen LogP contribution < -0.4 is 5.32 Å². The van der Waals surface area contributed by atoms with E-state index < -0.39 is 0 Å². The molecule has 0 saturated carbocycles. The molecule has 0 aliphatic carbocycles. The van der Waals surface area contributed by atoms with Gasteiger partial charge in [0.05, 0.1) is 11.4 Å². The van der Waals surface area contributed by atoms with Crippen LogP contribution in [-0.2, 0) is 11.2 Å². The molecule has 2 aromatic heterocycles. The average molecular weight is 279 g/mol. The van der Waals surface area contributed by atoms with Crippen molar-refractivity contribution in [3.05, 3.63) is 60.0 Å². The summed E-state index contributed by atoms with van der Waals surface area (Å²) in [5, 5.41) is 4.09.